The highest BCUT2D eigenvalue weighted by Gasteiger charge is 2.14. The van der Waals surface area contributed by atoms with Crippen molar-refractivity contribution in [3.8, 4) is 0 Å². The molecule has 1 aliphatic rings. The van der Waals surface area contributed by atoms with E-state index in [9.17, 15) is 4.79 Å². The number of carboxylic acid groups (broad SMARTS) is 1. The fourth-order valence-corrected chi connectivity index (χ4v) is 3.50. The zero-order chi connectivity index (χ0) is 13.0. The van der Waals surface area contributed by atoms with E-state index in [0.29, 0.717) is 5.25 Å². The monoisotopic (exact) mass is 285 g/mol. The first-order valence-electron chi connectivity index (χ1n) is 6.05. The van der Waals surface area contributed by atoms with Crippen molar-refractivity contribution in [1.29, 1.82) is 0 Å². The molecule has 1 aromatic carbocycles. The van der Waals surface area contributed by atoms with Gasteiger partial charge in [0.15, 0.2) is 0 Å². The number of aromatic carboxylic acids is 1. The number of hydrogen-bond acceptors (Lipinski definition) is 3. The Bertz CT molecular complexity index is 433. The minimum Gasteiger partial charge on any atom is -0.478 e. The normalized spacial score (nSPS) is 19.5. The zero-order valence-corrected chi connectivity index (χ0v) is 11.6. The highest BCUT2D eigenvalue weighted by Crippen LogP contribution is 2.26. The van der Waals surface area contributed by atoms with Gasteiger partial charge in [0.1, 0.15) is 0 Å². The van der Waals surface area contributed by atoms with E-state index < -0.39 is 5.97 Å². The highest BCUT2D eigenvalue weighted by atomic mass is 35.5. The number of nitrogens with one attached hydrogen (secondary N) is 1. The molecule has 1 fully saturated rings. The second kappa shape index (κ2) is 6.34. The average molecular weight is 286 g/mol. The second-order valence-electron chi connectivity index (χ2n) is 4.37. The molecule has 1 saturated heterocycles. The van der Waals surface area contributed by atoms with Gasteiger partial charge in [-0.25, -0.2) is 4.79 Å². The van der Waals surface area contributed by atoms with Crippen molar-refractivity contribution in [2.45, 2.75) is 24.5 Å². The van der Waals surface area contributed by atoms with E-state index in [4.69, 9.17) is 16.7 Å². The van der Waals surface area contributed by atoms with E-state index in [1.807, 2.05) is 11.8 Å². The summed E-state index contributed by atoms with van der Waals surface area (Å²) in [5.74, 6) is 0.250. The predicted molar refractivity (Wildman–Crippen MR) is 77.0 cm³/mol. The molecule has 98 valence electrons. The lowest BCUT2D eigenvalue weighted by atomic mass is 10.1. The van der Waals surface area contributed by atoms with Crippen molar-refractivity contribution in [3.05, 3.63) is 28.8 Å². The van der Waals surface area contributed by atoms with Gasteiger partial charge in [-0.15, -0.1) is 0 Å². The third kappa shape index (κ3) is 3.56. The van der Waals surface area contributed by atoms with E-state index in [1.165, 1.54) is 25.0 Å². The molecule has 2 rings (SSSR count). The summed E-state index contributed by atoms with van der Waals surface area (Å²) in [6, 6.07) is 4.99. The standard InChI is InChI=1S/C13H16ClNO2S/c14-12-7-9(4-5-11(12)13(16)17)15-8-10-3-1-2-6-18-10/h4-5,7,10,15H,1-3,6,8H2,(H,16,17). The van der Waals surface area contributed by atoms with Gasteiger partial charge in [-0.1, -0.05) is 18.0 Å². The third-order valence-corrected chi connectivity index (χ3v) is 4.72. The Labute approximate surface area is 116 Å². The topological polar surface area (TPSA) is 49.3 Å². The van der Waals surface area contributed by atoms with Crippen molar-refractivity contribution < 1.29 is 9.90 Å². The maximum atomic E-state index is 10.8. The fraction of sp³-hybridized carbons (Fsp3) is 0.462. The number of rotatable bonds is 4. The minimum absolute atomic E-state index is 0.147. The molecule has 1 aromatic rings. The molecule has 5 heteroatoms. The predicted octanol–water partition coefficient (Wildman–Crippen LogP) is 3.74. The van der Waals surface area contributed by atoms with Crippen molar-refractivity contribution in [3.63, 3.8) is 0 Å². The molecule has 18 heavy (non-hydrogen) atoms. The maximum absolute atomic E-state index is 10.8. The average Bonchev–Trinajstić information content (AvgIpc) is 2.37. The number of hydrogen-bond donors (Lipinski definition) is 2. The molecule has 3 nitrogen and oxygen atoms in total. The zero-order valence-electron chi connectivity index (χ0n) is 9.99. The molecule has 0 aliphatic carbocycles. The first kappa shape index (κ1) is 13.6. The van der Waals surface area contributed by atoms with Crippen molar-refractivity contribution in [2.75, 3.05) is 17.6 Å². The summed E-state index contributed by atoms with van der Waals surface area (Å²) in [5.41, 5.74) is 1.03. The summed E-state index contributed by atoms with van der Waals surface area (Å²) >= 11 is 7.92. The van der Waals surface area contributed by atoms with Crippen molar-refractivity contribution in [1.82, 2.24) is 0 Å². The number of benzene rings is 1. The summed E-state index contributed by atoms with van der Waals surface area (Å²) in [6.45, 7) is 0.910. The Morgan fingerprint density at radius 1 is 1.50 bits per heavy atom. The van der Waals surface area contributed by atoms with Gasteiger partial charge < -0.3 is 10.4 Å². The SMILES string of the molecule is O=C(O)c1ccc(NCC2CCCCS2)cc1Cl. The molecule has 2 N–H and O–H groups in total. The van der Waals surface area contributed by atoms with E-state index >= 15 is 0 Å². The Morgan fingerprint density at radius 2 is 2.33 bits per heavy atom. The van der Waals surface area contributed by atoms with E-state index in [1.54, 1.807) is 18.2 Å². The van der Waals surface area contributed by atoms with Crippen LogP contribution in [0.15, 0.2) is 18.2 Å². The lowest BCUT2D eigenvalue weighted by Gasteiger charge is -2.22. The van der Waals surface area contributed by atoms with Crippen LogP contribution in [0.4, 0.5) is 5.69 Å². The number of anilines is 1. The largest absolute Gasteiger partial charge is 0.478 e. The van der Waals surface area contributed by atoms with Crippen molar-refractivity contribution in [2.24, 2.45) is 0 Å². The molecule has 0 aromatic heterocycles. The van der Waals surface area contributed by atoms with Gasteiger partial charge in [0.05, 0.1) is 10.6 Å². The number of carbonyl (C=O) groups is 1. The summed E-state index contributed by atoms with van der Waals surface area (Å²) in [7, 11) is 0. The molecule has 0 spiro atoms. The molecule has 0 radical (unpaired) electrons. The van der Waals surface area contributed by atoms with Gasteiger partial charge in [-0.3, -0.25) is 0 Å². The molecule has 0 amide bonds. The molecule has 1 aliphatic heterocycles. The van der Waals surface area contributed by atoms with Crippen LogP contribution < -0.4 is 5.32 Å². The molecule has 1 heterocycles. The molecular formula is C13H16ClNO2S. The minimum atomic E-state index is -0.991. The van der Waals surface area contributed by atoms with Gasteiger partial charge in [0.25, 0.3) is 0 Å². The first-order valence-corrected chi connectivity index (χ1v) is 7.48. The van der Waals surface area contributed by atoms with Gasteiger partial charge in [-0.2, -0.15) is 11.8 Å². The molecule has 1 atom stereocenters. The molecule has 1 unspecified atom stereocenters. The summed E-state index contributed by atoms with van der Waals surface area (Å²) in [4.78, 5) is 10.8. The Balaban J connectivity index is 1.93. The van der Waals surface area contributed by atoms with Crippen LogP contribution in [-0.2, 0) is 0 Å². The summed E-state index contributed by atoms with van der Waals surface area (Å²) in [5, 5.41) is 13.1. The van der Waals surface area contributed by atoms with Gasteiger partial charge >= 0.3 is 5.97 Å². The van der Waals surface area contributed by atoms with Crippen LogP contribution in [-0.4, -0.2) is 28.6 Å². The second-order valence-corrected chi connectivity index (χ2v) is 6.18. The summed E-state index contributed by atoms with van der Waals surface area (Å²) in [6.07, 6.45) is 3.87. The third-order valence-electron chi connectivity index (χ3n) is 3.01. The Kier molecular flexibility index (Phi) is 4.78. The number of carboxylic acids is 1. The van der Waals surface area contributed by atoms with Gasteiger partial charge in [-0.05, 0) is 36.8 Å². The Morgan fingerprint density at radius 3 is 2.94 bits per heavy atom. The lowest BCUT2D eigenvalue weighted by molar-refractivity contribution is 0.0697. The van der Waals surface area contributed by atoms with Crippen molar-refractivity contribution >= 4 is 35.0 Å². The first-order chi connectivity index (χ1) is 8.66. The van der Waals surface area contributed by atoms with Crippen LogP contribution in [0, 0.1) is 0 Å². The van der Waals surface area contributed by atoms with Crippen LogP contribution in [0.2, 0.25) is 5.02 Å². The van der Waals surface area contributed by atoms with E-state index in [2.05, 4.69) is 5.32 Å². The van der Waals surface area contributed by atoms with E-state index in [-0.39, 0.29) is 10.6 Å². The Hall–Kier alpha value is -0.870. The molecule has 0 bridgehead atoms. The maximum Gasteiger partial charge on any atom is 0.337 e. The van der Waals surface area contributed by atoms with E-state index in [0.717, 1.165) is 12.2 Å². The number of halogens is 1. The van der Waals surface area contributed by atoms with Crippen LogP contribution in [0.5, 0.6) is 0 Å². The van der Waals surface area contributed by atoms with Gasteiger partial charge in [0, 0.05) is 17.5 Å². The van der Waals surface area contributed by atoms with Crippen LogP contribution in [0.1, 0.15) is 29.6 Å². The molecular weight excluding hydrogens is 270 g/mol. The number of thioether (sulfide) groups is 1. The lowest BCUT2D eigenvalue weighted by Crippen LogP contribution is -2.20. The van der Waals surface area contributed by atoms with Crippen LogP contribution in [0.25, 0.3) is 0 Å². The smallest absolute Gasteiger partial charge is 0.337 e. The fourth-order valence-electron chi connectivity index (χ4n) is 2.00. The molecule has 0 saturated carbocycles. The quantitative estimate of drug-likeness (QED) is 0.885. The summed E-state index contributed by atoms with van der Waals surface area (Å²) < 4.78 is 0. The van der Waals surface area contributed by atoms with Gasteiger partial charge in [0.2, 0.25) is 0 Å². The van der Waals surface area contributed by atoms with Crippen LogP contribution >= 0.6 is 23.4 Å². The van der Waals surface area contributed by atoms with Crippen LogP contribution in [0.3, 0.4) is 0 Å². The highest BCUT2D eigenvalue weighted by molar-refractivity contribution is 7.99.